The van der Waals surface area contributed by atoms with Gasteiger partial charge in [0, 0.05) is 31.3 Å². The number of carbonyl (C=O) groups is 5. The third-order valence-corrected chi connectivity index (χ3v) is 6.00. The standard InChI is InChI=1S/C23H40N10O6/c1-3-12(2)18(21(37)32-16(22(38)39)5-4-8-29-23(26)27)33-20(36)15(6-7-17(25)34)31-19(35)14(24)9-13-10-28-11-30-13/h10-12,14-16,18H,3-9,24H2,1-2H3,(H2,25,34)(H,28,30)(H,31,35)(H,32,37)(H,33,36)(H,38,39)(H4,26,27,29). The molecule has 13 N–H and O–H groups in total. The van der Waals surface area contributed by atoms with Crippen molar-refractivity contribution in [2.24, 2.45) is 33.8 Å². The lowest BCUT2D eigenvalue weighted by atomic mass is 9.96. The smallest absolute Gasteiger partial charge is 0.326 e. The summed E-state index contributed by atoms with van der Waals surface area (Å²) in [6.45, 7) is 3.68. The van der Waals surface area contributed by atoms with Gasteiger partial charge in [0.05, 0.1) is 12.4 Å². The van der Waals surface area contributed by atoms with Gasteiger partial charge in [-0.2, -0.15) is 0 Å². The summed E-state index contributed by atoms with van der Waals surface area (Å²) in [7, 11) is 0. The number of aliphatic carboxylic acids is 1. The Labute approximate surface area is 226 Å². The van der Waals surface area contributed by atoms with E-state index in [4.69, 9.17) is 22.9 Å². The number of aromatic amines is 1. The molecular formula is C23H40N10O6. The molecular weight excluding hydrogens is 512 g/mol. The van der Waals surface area contributed by atoms with Crippen molar-refractivity contribution in [1.29, 1.82) is 0 Å². The summed E-state index contributed by atoms with van der Waals surface area (Å²) in [4.78, 5) is 72.5. The first kappa shape index (κ1) is 32.8. The van der Waals surface area contributed by atoms with Crippen molar-refractivity contribution >= 4 is 35.6 Å². The number of hydrogen-bond donors (Lipinski definition) is 9. The summed E-state index contributed by atoms with van der Waals surface area (Å²) in [5.41, 5.74) is 22.3. The van der Waals surface area contributed by atoms with E-state index in [9.17, 15) is 29.1 Å². The highest BCUT2D eigenvalue weighted by atomic mass is 16.4. The van der Waals surface area contributed by atoms with Gasteiger partial charge in [0.15, 0.2) is 5.96 Å². The van der Waals surface area contributed by atoms with Crippen LogP contribution in [0.1, 0.15) is 51.6 Å². The van der Waals surface area contributed by atoms with Crippen molar-refractivity contribution in [2.45, 2.75) is 76.5 Å². The minimum absolute atomic E-state index is 0.0462. The van der Waals surface area contributed by atoms with Crippen LogP contribution in [0.5, 0.6) is 0 Å². The third-order valence-electron chi connectivity index (χ3n) is 6.00. The van der Waals surface area contributed by atoms with Crippen LogP contribution in [-0.4, -0.2) is 81.3 Å². The number of imidazole rings is 1. The number of rotatable bonds is 18. The number of guanidine groups is 1. The topological polar surface area (TPSA) is 287 Å². The molecule has 0 aromatic carbocycles. The Morgan fingerprint density at radius 1 is 1.03 bits per heavy atom. The van der Waals surface area contributed by atoms with Crippen LogP contribution in [-0.2, 0) is 30.4 Å². The molecule has 16 heteroatoms. The Kier molecular flexibility index (Phi) is 14.0. The van der Waals surface area contributed by atoms with Crippen molar-refractivity contribution < 1.29 is 29.1 Å². The van der Waals surface area contributed by atoms with E-state index in [1.54, 1.807) is 13.8 Å². The molecule has 1 aromatic rings. The van der Waals surface area contributed by atoms with E-state index in [0.29, 0.717) is 12.1 Å². The maximum atomic E-state index is 13.2. The number of hydrogen-bond acceptors (Lipinski definition) is 8. The van der Waals surface area contributed by atoms with E-state index in [2.05, 4.69) is 30.9 Å². The molecule has 1 heterocycles. The number of H-pyrrole nitrogens is 1. The van der Waals surface area contributed by atoms with Gasteiger partial charge in [-0.05, 0) is 25.2 Å². The van der Waals surface area contributed by atoms with Crippen LogP contribution >= 0.6 is 0 Å². The Bertz CT molecular complexity index is 996. The zero-order valence-corrected chi connectivity index (χ0v) is 22.2. The zero-order valence-electron chi connectivity index (χ0n) is 22.2. The predicted molar refractivity (Wildman–Crippen MR) is 141 cm³/mol. The molecule has 0 aliphatic carbocycles. The van der Waals surface area contributed by atoms with Crippen molar-refractivity contribution in [3.05, 3.63) is 18.2 Å². The first-order valence-corrected chi connectivity index (χ1v) is 12.6. The minimum Gasteiger partial charge on any atom is -0.480 e. The second-order valence-corrected chi connectivity index (χ2v) is 9.17. The second kappa shape index (κ2) is 16.6. The SMILES string of the molecule is CCC(C)C(NC(=O)C(CCC(N)=O)NC(=O)C(N)Cc1cnc[nH]1)C(=O)NC(CCCN=C(N)N)C(=O)O. The lowest BCUT2D eigenvalue weighted by Crippen LogP contribution is -2.58. The number of carboxylic acids is 1. The fourth-order valence-electron chi connectivity index (χ4n) is 3.54. The molecule has 1 aromatic heterocycles. The van der Waals surface area contributed by atoms with Gasteiger partial charge in [-0.1, -0.05) is 20.3 Å². The van der Waals surface area contributed by atoms with Gasteiger partial charge in [0.1, 0.15) is 18.1 Å². The molecule has 5 unspecified atom stereocenters. The van der Waals surface area contributed by atoms with Crippen LogP contribution in [0.25, 0.3) is 0 Å². The summed E-state index contributed by atoms with van der Waals surface area (Å²) in [6.07, 6.45) is 3.50. The van der Waals surface area contributed by atoms with Gasteiger partial charge in [0.25, 0.3) is 0 Å². The van der Waals surface area contributed by atoms with E-state index in [1.165, 1.54) is 12.5 Å². The number of primary amides is 1. The molecule has 16 nitrogen and oxygen atoms in total. The number of nitrogens with zero attached hydrogens (tertiary/aromatic N) is 2. The van der Waals surface area contributed by atoms with E-state index in [1.807, 2.05) is 0 Å². The molecule has 39 heavy (non-hydrogen) atoms. The summed E-state index contributed by atoms with van der Waals surface area (Å²) in [5, 5.41) is 17.1. The zero-order chi connectivity index (χ0) is 29.5. The highest BCUT2D eigenvalue weighted by Gasteiger charge is 2.32. The maximum absolute atomic E-state index is 13.2. The van der Waals surface area contributed by atoms with Crippen LogP contribution in [0.3, 0.4) is 0 Å². The van der Waals surface area contributed by atoms with Crippen molar-refractivity contribution in [1.82, 2.24) is 25.9 Å². The third kappa shape index (κ3) is 12.3. The molecule has 218 valence electrons. The predicted octanol–water partition coefficient (Wildman–Crippen LogP) is -2.82. The van der Waals surface area contributed by atoms with Gasteiger partial charge in [-0.3, -0.25) is 24.2 Å². The Hall–Kier alpha value is -4.21. The Morgan fingerprint density at radius 2 is 1.69 bits per heavy atom. The summed E-state index contributed by atoms with van der Waals surface area (Å²) in [6, 6.07) is -4.64. The molecule has 0 saturated carbocycles. The fourth-order valence-corrected chi connectivity index (χ4v) is 3.54. The largest absolute Gasteiger partial charge is 0.480 e. The number of aromatic nitrogens is 2. The quantitative estimate of drug-likeness (QED) is 0.0511. The number of amides is 4. The molecule has 0 saturated heterocycles. The molecule has 0 bridgehead atoms. The van der Waals surface area contributed by atoms with Gasteiger partial charge in [-0.25, -0.2) is 9.78 Å². The highest BCUT2D eigenvalue weighted by Crippen LogP contribution is 2.11. The number of nitrogens with one attached hydrogen (secondary N) is 4. The first-order valence-electron chi connectivity index (χ1n) is 12.6. The van der Waals surface area contributed by atoms with E-state index >= 15 is 0 Å². The normalized spacial score (nSPS) is 14.6. The van der Waals surface area contributed by atoms with Crippen LogP contribution in [0.4, 0.5) is 0 Å². The fraction of sp³-hybridized carbons (Fsp3) is 0.609. The summed E-state index contributed by atoms with van der Waals surface area (Å²) < 4.78 is 0. The lowest BCUT2D eigenvalue weighted by Gasteiger charge is -2.28. The molecule has 0 aliphatic rings. The van der Waals surface area contributed by atoms with Gasteiger partial charge >= 0.3 is 5.97 Å². The van der Waals surface area contributed by atoms with Crippen LogP contribution in [0.15, 0.2) is 17.5 Å². The average Bonchev–Trinajstić information content (AvgIpc) is 3.38. The van der Waals surface area contributed by atoms with E-state index < -0.39 is 59.7 Å². The number of carboxylic acid groups (broad SMARTS) is 1. The van der Waals surface area contributed by atoms with Gasteiger partial charge in [-0.15, -0.1) is 0 Å². The molecule has 0 spiro atoms. The lowest BCUT2D eigenvalue weighted by molar-refractivity contribution is -0.143. The van der Waals surface area contributed by atoms with Crippen molar-refractivity contribution in [2.75, 3.05) is 6.54 Å². The van der Waals surface area contributed by atoms with Crippen LogP contribution in [0.2, 0.25) is 0 Å². The Morgan fingerprint density at radius 3 is 2.23 bits per heavy atom. The van der Waals surface area contributed by atoms with E-state index in [0.717, 1.165) is 0 Å². The maximum Gasteiger partial charge on any atom is 0.326 e. The van der Waals surface area contributed by atoms with Crippen molar-refractivity contribution in [3.8, 4) is 0 Å². The van der Waals surface area contributed by atoms with Gasteiger partial charge < -0.3 is 49.0 Å². The number of nitrogens with two attached hydrogens (primary N) is 4. The molecule has 0 aliphatic heterocycles. The molecule has 0 radical (unpaired) electrons. The molecule has 1 rings (SSSR count). The molecule has 5 atom stereocenters. The molecule has 4 amide bonds. The number of aliphatic imine (C=N–C) groups is 1. The second-order valence-electron chi connectivity index (χ2n) is 9.17. The van der Waals surface area contributed by atoms with Gasteiger partial charge in [0.2, 0.25) is 23.6 Å². The van der Waals surface area contributed by atoms with Crippen LogP contribution in [0, 0.1) is 5.92 Å². The first-order chi connectivity index (χ1) is 18.3. The van der Waals surface area contributed by atoms with E-state index in [-0.39, 0.29) is 44.6 Å². The highest BCUT2D eigenvalue weighted by molar-refractivity contribution is 5.94. The van der Waals surface area contributed by atoms with Crippen molar-refractivity contribution in [3.63, 3.8) is 0 Å². The monoisotopic (exact) mass is 552 g/mol. The average molecular weight is 553 g/mol. The summed E-state index contributed by atoms with van der Waals surface area (Å²) >= 11 is 0. The number of carbonyl (C=O) groups excluding carboxylic acids is 4. The van der Waals surface area contributed by atoms with Crippen LogP contribution < -0.4 is 38.9 Å². The summed E-state index contributed by atoms with van der Waals surface area (Å²) in [5.74, 6) is -4.62. The Balaban J connectivity index is 2.97. The molecule has 0 fully saturated rings. The minimum atomic E-state index is -1.26.